The number of imidazole rings is 1. The van der Waals surface area contributed by atoms with E-state index in [1.54, 1.807) is 11.1 Å². The number of aromatic nitrogens is 2. The summed E-state index contributed by atoms with van der Waals surface area (Å²) in [6.45, 7) is 3.47. The Balaban J connectivity index is 0.000000449. The Hall–Kier alpha value is -4.14. The van der Waals surface area contributed by atoms with Gasteiger partial charge in [0.05, 0.1) is 0 Å². The number of aliphatic carboxylic acids is 2. The molecule has 3 rings (SSSR count). The molecule has 0 atom stereocenters. The second-order valence-corrected chi connectivity index (χ2v) is 8.42. The molecule has 15 heteroatoms. The summed E-state index contributed by atoms with van der Waals surface area (Å²) in [6, 6.07) is 12.3. The van der Waals surface area contributed by atoms with E-state index in [0.29, 0.717) is 12.2 Å². The summed E-state index contributed by atoms with van der Waals surface area (Å²) in [4.78, 5) is 38.8. The van der Waals surface area contributed by atoms with Gasteiger partial charge >= 0.3 is 24.3 Å². The quantitative estimate of drug-likeness (QED) is 0.446. The van der Waals surface area contributed by atoms with Crippen LogP contribution >= 0.6 is 0 Å². The van der Waals surface area contributed by atoms with Gasteiger partial charge in [0.1, 0.15) is 11.3 Å². The van der Waals surface area contributed by atoms with Crippen LogP contribution in [0.4, 0.5) is 26.3 Å². The molecule has 2 N–H and O–H groups in total. The lowest BCUT2D eigenvalue weighted by atomic mass is 10.1. The van der Waals surface area contributed by atoms with Gasteiger partial charge in [-0.05, 0) is 49.8 Å². The van der Waals surface area contributed by atoms with Crippen LogP contribution in [0, 0.1) is 6.92 Å². The SMILES string of the molecule is Cc1ccn2cc(C(=O)N(C)Cc3cccc(CN(C)C)c3)nc2c1.O=C(O)C(F)(F)F.O=C(O)C(F)(F)F. The van der Waals surface area contributed by atoms with Gasteiger partial charge in [-0.2, -0.15) is 26.3 Å². The third-order valence-electron chi connectivity index (χ3n) is 4.58. The maximum absolute atomic E-state index is 12.7. The van der Waals surface area contributed by atoms with Crippen molar-refractivity contribution in [3.63, 3.8) is 0 Å². The average Bonchev–Trinajstić information content (AvgIpc) is 3.21. The number of carboxylic acid groups (broad SMARTS) is 2. The predicted octanol–water partition coefficient (Wildman–Crippen LogP) is 4.24. The largest absolute Gasteiger partial charge is 0.490 e. The number of fused-ring (bicyclic) bond motifs is 1. The second-order valence-electron chi connectivity index (χ2n) is 8.42. The molecule has 0 aliphatic rings. The molecular formula is C24H26F6N4O5. The molecule has 1 aromatic carbocycles. The molecule has 9 nitrogen and oxygen atoms in total. The second kappa shape index (κ2) is 13.6. The van der Waals surface area contributed by atoms with Gasteiger partial charge in [-0.1, -0.05) is 24.3 Å². The fourth-order valence-corrected chi connectivity index (χ4v) is 2.92. The molecule has 0 aliphatic carbocycles. The number of aryl methyl sites for hydroxylation is 1. The molecular weight excluding hydrogens is 538 g/mol. The summed E-state index contributed by atoms with van der Waals surface area (Å²) in [7, 11) is 5.91. The Kier molecular flexibility index (Phi) is 11.5. The molecule has 214 valence electrons. The molecule has 0 fully saturated rings. The predicted molar refractivity (Wildman–Crippen MR) is 127 cm³/mol. The first-order valence-corrected chi connectivity index (χ1v) is 10.8. The van der Waals surface area contributed by atoms with Crippen LogP contribution in [0.15, 0.2) is 48.8 Å². The topological polar surface area (TPSA) is 115 Å². The van der Waals surface area contributed by atoms with Crippen molar-refractivity contribution in [1.82, 2.24) is 19.2 Å². The summed E-state index contributed by atoms with van der Waals surface area (Å²) in [6.07, 6.45) is -6.45. The molecule has 0 unspecified atom stereocenters. The van der Waals surface area contributed by atoms with Crippen molar-refractivity contribution in [2.75, 3.05) is 21.1 Å². The van der Waals surface area contributed by atoms with E-state index in [4.69, 9.17) is 19.8 Å². The van der Waals surface area contributed by atoms with Crippen molar-refractivity contribution in [2.45, 2.75) is 32.4 Å². The summed E-state index contributed by atoms with van der Waals surface area (Å²) >= 11 is 0. The first-order chi connectivity index (χ1) is 17.8. The molecule has 0 saturated carbocycles. The van der Waals surface area contributed by atoms with Crippen LogP contribution in [-0.2, 0) is 22.7 Å². The number of nitrogens with zero attached hydrogens (tertiary/aromatic N) is 4. The lowest BCUT2D eigenvalue weighted by Crippen LogP contribution is -2.26. The van der Waals surface area contributed by atoms with Gasteiger partial charge in [-0.15, -0.1) is 0 Å². The van der Waals surface area contributed by atoms with Gasteiger partial charge in [0.15, 0.2) is 0 Å². The molecule has 0 radical (unpaired) electrons. The summed E-state index contributed by atoms with van der Waals surface area (Å²) in [5.74, 6) is -5.58. The molecule has 2 aromatic heterocycles. The Labute approximate surface area is 218 Å². The highest BCUT2D eigenvalue weighted by Crippen LogP contribution is 2.15. The summed E-state index contributed by atoms with van der Waals surface area (Å²) in [5, 5.41) is 14.2. The van der Waals surface area contributed by atoms with E-state index in [1.807, 2.05) is 56.9 Å². The molecule has 39 heavy (non-hydrogen) atoms. The highest BCUT2D eigenvalue weighted by molar-refractivity contribution is 5.92. The average molecular weight is 564 g/mol. The number of alkyl halides is 6. The smallest absolute Gasteiger partial charge is 0.475 e. The van der Waals surface area contributed by atoms with E-state index >= 15 is 0 Å². The molecule has 2 heterocycles. The minimum Gasteiger partial charge on any atom is -0.475 e. The number of benzene rings is 1. The number of carboxylic acids is 2. The Morgan fingerprint density at radius 2 is 1.36 bits per heavy atom. The summed E-state index contributed by atoms with van der Waals surface area (Å²) in [5.41, 5.74) is 4.76. The molecule has 0 spiro atoms. The van der Waals surface area contributed by atoms with Crippen molar-refractivity contribution in [1.29, 1.82) is 0 Å². The molecule has 0 aliphatic heterocycles. The Bertz CT molecular complexity index is 1260. The monoisotopic (exact) mass is 564 g/mol. The minimum atomic E-state index is -5.08. The molecule has 0 saturated heterocycles. The Morgan fingerprint density at radius 1 is 0.872 bits per heavy atom. The van der Waals surface area contributed by atoms with E-state index < -0.39 is 24.3 Å². The first-order valence-electron chi connectivity index (χ1n) is 10.8. The van der Waals surface area contributed by atoms with Gasteiger partial charge < -0.3 is 24.4 Å². The molecule has 3 aromatic rings. The minimum absolute atomic E-state index is 0.0700. The number of carbonyl (C=O) groups excluding carboxylic acids is 1. The van der Waals surface area contributed by atoms with Crippen LogP contribution in [0.1, 0.15) is 27.2 Å². The van der Waals surface area contributed by atoms with E-state index in [2.05, 4.69) is 28.1 Å². The maximum Gasteiger partial charge on any atom is 0.490 e. The zero-order chi connectivity index (χ0) is 30.1. The highest BCUT2D eigenvalue weighted by Gasteiger charge is 2.38. The number of carbonyl (C=O) groups is 3. The van der Waals surface area contributed by atoms with E-state index in [0.717, 1.165) is 23.3 Å². The number of hydrogen-bond acceptors (Lipinski definition) is 5. The van der Waals surface area contributed by atoms with Crippen LogP contribution in [0.3, 0.4) is 0 Å². The fraction of sp³-hybridized carbons (Fsp3) is 0.333. The van der Waals surface area contributed by atoms with Crippen LogP contribution in [0.5, 0.6) is 0 Å². The third-order valence-corrected chi connectivity index (χ3v) is 4.58. The molecule has 0 bridgehead atoms. The van der Waals surface area contributed by atoms with Crippen LogP contribution < -0.4 is 0 Å². The van der Waals surface area contributed by atoms with Crippen LogP contribution in [-0.4, -0.2) is 80.7 Å². The standard InChI is InChI=1S/C20H24N4O.2C2HF3O2/c1-15-8-9-24-14-18(21-19(24)10-15)20(25)23(4)13-17-7-5-6-16(11-17)12-22(2)3;2*3-2(4,5)1(6)7/h5-11,14H,12-13H2,1-4H3;2*(H,6,7). The van der Waals surface area contributed by atoms with Crippen molar-refractivity contribution in [2.24, 2.45) is 0 Å². The van der Waals surface area contributed by atoms with Gasteiger partial charge in [-0.3, -0.25) is 4.79 Å². The fourth-order valence-electron chi connectivity index (χ4n) is 2.92. The first kappa shape index (κ1) is 32.9. The number of pyridine rings is 1. The van der Waals surface area contributed by atoms with Crippen molar-refractivity contribution < 1.29 is 50.9 Å². The zero-order valence-electron chi connectivity index (χ0n) is 21.2. The van der Waals surface area contributed by atoms with Crippen LogP contribution in [0.25, 0.3) is 5.65 Å². The number of rotatable bonds is 5. The number of halogens is 6. The third kappa shape index (κ3) is 11.4. The summed E-state index contributed by atoms with van der Waals surface area (Å²) < 4.78 is 65.4. The van der Waals surface area contributed by atoms with Crippen molar-refractivity contribution in [3.8, 4) is 0 Å². The lowest BCUT2D eigenvalue weighted by molar-refractivity contribution is -0.193. The van der Waals surface area contributed by atoms with E-state index in [-0.39, 0.29) is 5.91 Å². The van der Waals surface area contributed by atoms with Gasteiger partial charge in [0, 0.05) is 32.5 Å². The highest BCUT2D eigenvalue weighted by atomic mass is 19.4. The lowest BCUT2D eigenvalue weighted by Gasteiger charge is -2.17. The van der Waals surface area contributed by atoms with Crippen LogP contribution in [0.2, 0.25) is 0 Å². The normalized spacial score (nSPS) is 11.3. The van der Waals surface area contributed by atoms with Gasteiger partial charge in [-0.25, -0.2) is 14.6 Å². The Morgan fingerprint density at radius 3 is 1.82 bits per heavy atom. The van der Waals surface area contributed by atoms with E-state index in [1.165, 1.54) is 5.56 Å². The van der Waals surface area contributed by atoms with Gasteiger partial charge in [0.2, 0.25) is 0 Å². The zero-order valence-corrected chi connectivity index (χ0v) is 21.2. The van der Waals surface area contributed by atoms with Gasteiger partial charge in [0.25, 0.3) is 5.91 Å². The molecule has 1 amide bonds. The number of hydrogen-bond donors (Lipinski definition) is 2. The van der Waals surface area contributed by atoms with Crippen molar-refractivity contribution in [3.05, 3.63) is 71.2 Å². The number of amides is 1. The van der Waals surface area contributed by atoms with Crippen molar-refractivity contribution >= 4 is 23.5 Å². The van der Waals surface area contributed by atoms with E-state index in [9.17, 15) is 31.1 Å². The maximum atomic E-state index is 12.7.